The van der Waals surface area contributed by atoms with Gasteiger partial charge in [-0.3, -0.25) is 4.90 Å². The summed E-state index contributed by atoms with van der Waals surface area (Å²) in [4.78, 5) is 13.7. The number of hydrogen-bond donors (Lipinski definition) is 2. The Labute approximate surface area is 110 Å². The van der Waals surface area contributed by atoms with Gasteiger partial charge in [0.1, 0.15) is 10.6 Å². The summed E-state index contributed by atoms with van der Waals surface area (Å²) in [6, 6.07) is 1.16. The van der Waals surface area contributed by atoms with Gasteiger partial charge in [0.25, 0.3) is 0 Å². The number of likely N-dealkylation sites (tertiary alicyclic amines) is 1. The lowest BCUT2D eigenvalue weighted by Gasteiger charge is -2.15. The predicted octanol–water partition coefficient (Wildman–Crippen LogP) is 1.80. The zero-order valence-corrected chi connectivity index (χ0v) is 11.2. The molecule has 1 unspecified atom stereocenters. The van der Waals surface area contributed by atoms with Crippen molar-refractivity contribution >= 4 is 22.5 Å². The maximum absolute atomic E-state index is 11.2. The Morgan fingerprint density at radius 1 is 1.50 bits per heavy atom. The number of hydrogen-bond acceptors (Lipinski definition) is 5. The first-order valence-electron chi connectivity index (χ1n) is 6.35. The Morgan fingerprint density at radius 3 is 2.94 bits per heavy atom. The number of nitrogens with zero attached hydrogens (tertiary/aromatic N) is 2. The Hall–Kier alpha value is -1.14. The van der Waals surface area contributed by atoms with Gasteiger partial charge in [0.2, 0.25) is 0 Å². The SMILES string of the molecule is Cc1nsc(NC2CCN(C3CC3)C2)c1C(=O)O. The Morgan fingerprint density at radius 2 is 2.28 bits per heavy atom. The number of aromatic carboxylic acids is 1. The highest BCUT2D eigenvalue weighted by atomic mass is 32.1. The number of rotatable bonds is 4. The lowest BCUT2D eigenvalue weighted by Crippen LogP contribution is -2.27. The second-order valence-corrected chi connectivity index (χ2v) is 5.91. The molecule has 0 radical (unpaired) electrons. The Bertz CT molecular complexity index is 470. The van der Waals surface area contributed by atoms with Crippen LogP contribution in [-0.4, -0.2) is 45.5 Å². The molecule has 1 saturated carbocycles. The third-order valence-electron chi connectivity index (χ3n) is 3.69. The van der Waals surface area contributed by atoms with Crippen LogP contribution in [0.5, 0.6) is 0 Å². The van der Waals surface area contributed by atoms with Crippen LogP contribution >= 0.6 is 11.5 Å². The van der Waals surface area contributed by atoms with Gasteiger partial charge in [0.15, 0.2) is 0 Å². The van der Waals surface area contributed by atoms with Crippen LogP contribution in [-0.2, 0) is 0 Å². The summed E-state index contributed by atoms with van der Waals surface area (Å²) in [6.45, 7) is 3.90. The van der Waals surface area contributed by atoms with Crippen LogP contribution in [0.3, 0.4) is 0 Å². The number of carboxylic acid groups (broad SMARTS) is 1. The summed E-state index contributed by atoms with van der Waals surface area (Å²) in [5.41, 5.74) is 0.942. The van der Waals surface area contributed by atoms with Crippen molar-refractivity contribution < 1.29 is 9.90 Å². The largest absolute Gasteiger partial charge is 0.478 e. The van der Waals surface area contributed by atoms with E-state index in [4.69, 9.17) is 0 Å². The molecular formula is C12H17N3O2S. The zero-order chi connectivity index (χ0) is 12.7. The molecule has 0 amide bonds. The van der Waals surface area contributed by atoms with Crippen molar-refractivity contribution in [1.29, 1.82) is 0 Å². The normalized spacial score (nSPS) is 24.4. The van der Waals surface area contributed by atoms with Crippen LogP contribution in [0.15, 0.2) is 0 Å². The zero-order valence-electron chi connectivity index (χ0n) is 10.3. The standard InChI is InChI=1S/C12H17N3O2S/c1-7-10(12(16)17)11(18-14-7)13-8-4-5-15(6-8)9-2-3-9/h8-9,13H,2-6H2,1H3,(H,16,17). The smallest absolute Gasteiger partial charge is 0.340 e. The van der Waals surface area contributed by atoms with Gasteiger partial charge < -0.3 is 10.4 Å². The molecule has 2 N–H and O–H groups in total. The van der Waals surface area contributed by atoms with Crippen molar-refractivity contribution in [3.63, 3.8) is 0 Å². The molecule has 1 aliphatic heterocycles. The quantitative estimate of drug-likeness (QED) is 0.871. The van der Waals surface area contributed by atoms with E-state index in [9.17, 15) is 9.90 Å². The molecule has 98 valence electrons. The summed E-state index contributed by atoms with van der Waals surface area (Å²) >= 11 is 1.26. The van der Waals surface area contributed by atoms with Crippen LogP contribution in [0.4, 0.5) is 5.00 Å². The van der Waals surface area contributed by atoms with Crippen LogP contribution in [0.25, 0.3) is 0 Å². The number of aromatic nitrogens is 1. The minimum Gasteiger partial charge on any atom is -0.478 e. The molecule has 0 aromatic carbocycles. The fraction of sp³-hybridized carbons (Fsp3) is 0.667. The molecule has 0 bridgehead atoms. The third kappa shape index (κ3) is 2.22. The molecule has 3 rings (SSSR count). The molecule has 18 heavy (non-hydrogen) atoms. The van der Waals surface area contributed by atoms with Crippen molar-refractivity contribution in [2.75, 3.05) is 18.4 Å². The van der Waals surface area contributed by atoms with Crippen molar-refractivity contribution in [3.05, 3.63) is 11.3 Å². The highest BCUT2D eigenvalue weighted by Crippen LogP contribution is 2.32. The fourth-order valence-corrected chi connectivity index (χ4v) is 3.45. The number of aryl methyl sites for hydroxylation is 1. The van der Waals surface area contributed by atoms with E-state index in [0.717, 1.165) is 25.6 Å². The highest BCUT2D eigenvalue weighted by Gasteiger charge is 2.34. The first-order chi connectivity index (χ1) is 8.65. The van der Waals surface area contributed by atoms with Crippen molar-refractivity contribution in [3.8, 4) is 0 Å². The summed E-state index contributed by atoms with van der Waals surface area (Å²) < 4.78 is 4.13. The Balaban J connectivity index is 1.67. The van der Waals surface area contributed by atoms with Gasteiger partial charge in [0.05, 0.1) is 5.69 Å². The van der Waals surface area contributed by atoms with E-state index < -0.39 is 5.97 Å². The van der Waals surface area contributed by atoms with E-state index in [0.29, 0.717) is 22.3 Å². The third-order valence-corrected chi connectivity index (χ3v) is 4.56. The molecule has 5 nitrogen and oxygen atoms in total. The van der Waals surface area contributed by atoms with Gasteiger partial charge >= 0.3 is 5.97 Å². The maximum Gasteiger partial charge on any atom is 0.340 e. The minimum absolute atomic E-state index is 0.338. The Kier molecular flexibility index (Phi) is 2.99. The van der Waals surface area contributed by atoms with Crippen molar-refractivity contribution in [2.45, 2.75) is 38.3 Å². The summed E-state index contributed by atoms with van der Waals surface area (Å²) in [7, 11) is 0. The number of carboxylic acids is 1. The van der Waals surface area contributed by atoms with Gasteiger partial charge in [-0.25, -0.2) is 4.79 Å². The molecule has 2 aliphatic rings. The molecule has 1 saturated heterocycles. The first-order valence-corrected chi connectivity index (χ1v) is 7.12. The molecular weight excluding hydrogens is 250 g/mol. The van der Waals surface area contributed by atoms with E-state index in [1.54, 1.807) is 6.92 Å². The molecule has 6 heteroatoms. The average Bonchev–Trinajstić information content (AvgIpc) is 2.96. The topological polar surface area (TPSA) is 65.5 Å². The molecule has 1 aromatic rings. The monoisotopic (exact) mass is 267 g/mol. The van der Waals surface area contributed by atoms with E-state index >= 15 is 0 Å². The molecule has 1 aliphatic carbocycles. The van der Waals surface area contributed by atoms with E-state index in [1.165, 1.54) is 24.4 Å². The average molecular weight is 267 g/mol. The van der Waals surface area contributed by atoms with E-state index in [2.05, 4.69) is 14.6 Å². The van der Waals surface area contributed by atoms with Crippen LogP contribution in [0, 0.1) is 6.92 Å². The summed E-state index contributed by atoms with van der Waals surface area (Å²) in [5, 5.41) is 13.2. The van der Waals surface area contributed by atoms with E-state index in [-0.39, 0.29) is 0 Å². The summed E-state index contributed by atoms with van der Waals surface area (Å²) in [5.74, 6) is -0.888. The molecule has 1 aromatic heterocycles. The van der Waals surface area contributed by atoms with Crippen molar-refractivity contribution in [2.24, 2.45) is 0 Å². The van der Waals surface area contributed by atoms with Crippen LogP contribution in [0.2, 0.25) is 0 Å². The van der Waals surface area contributed by atoms with Crippen LogP contribution < -0.4 is 5.32 Å². The van der Waals surface area contributed by atoms with Gasteiger partial charge in [-0.05, 0) is 37.7 Å². The molecule has 2 heterocycles. The van der Waals surface area contributed by atoms with Gasteiger partial charge in [-0.1, -0.05) is 0 Å². The second kappa shape index (κ2) is 4.51. The van der Waals surface area contributed by atoms with Gasteiger partial charge in [-0.15, -0.1) is 0 Å². The molecule has 2 fully saturated rings. The lowest BCUT2D eigenvalue weighted by atomic mass is 10.2. The lowest BCUT2D eigenvalue weighted by molar-refractivity contribution is 0.0697. The highest BCUT2D eigenvalue weighted by molar-refractivity contribution is 7.10. The summed E-state index contributed by atoms with van der Waals surface area (Å²) in [6.07, 6.45) is 3.74. The van der Waals surface area contributed by atoms with Gasteiger partial charge in [-0.2, -0.15) is 4.37 Å². The molecule has 0 spiro atoms. The van der Waals surface area contributed by atoms with E-state index in [1.807, 2.05) is 0 Å². The van der Waals surface area contributed by atoms with Gasteiger partial charge in [0, 0.05) is 25.2 Å². The number of nitrogens with one attached hydrogen (secondary N) is 1. The second-order valence-electron chi connectivity index (χ2n) is 5.13. The predicted molar refractivity (Wildman–Crippen MR) is 70.4 cm³/mol. The molecule has 1 atom stereocenters. The first kappa shape index (κ1) is 11.9. The fourth-order valence-electron chi connectivity index (χ4n) is 2.58. The maximum atomic E-state index is 11.2. The number of anilines is 1. The minimum atomic E-state index is -0.888. The van der Waals surface area contributed by atoms with Crippen LogP contribution in [0.1, 0.15) is 35.3 Å². The van der Waals surface area contributed by atoms with Crippen molar-refractivity contribution in [1.82, 2.24) is 9.27 Å². The number of carbonyl (C=O) groups is 1.